The number of carbonyl (C=O) groups is 8. The Hall–Kier alpha value is -7.24. The summed E-state index contributed by atoms with van der Waals surface area (Å²) < 4.78 is 152. The maximum Gasteiger partial charge on any atom is 0.490 e. The molecule has 12 rings (SSSR count). The van der Waals surface area contributed by atoms with Crippen LogP contribution in [0.5, 0.6) is 0 Å². The number of fused-ring (bicyclic) bond motifs is 4. The largest absolute Gasteiger partial charge is 0.490 e. The zero-order valence-corrected chi connectivity index (χ0v) is 65.5. The second-order valence-corrected chi connectivity index (χ2v) is 30.5. The number of halogens is 20. The highest BCUT2D eigenvalue weighted by Crippen LogP contribution is 2.62. The van der Waals surface area contributed by atoms with E-state index in [1.165, 1.54) is 0 Å². The van der Waals surface area contributed by atoms with Crippen LogP contribution in [0.15, 0.2) is 60.6 Å². The van der Waals surface area contributed by atoms with Crippen molar-refractivity contribution in [3.05, 3.63) is 83.3 Å². The second kappa shape index (κ2) is 32.5. The Morgan fingerprint density at radius 3 is 0.817 bits per heavy atom. The van der Waals surface area contributed by atoms with Crippen molar-refractivity contribution < 1.29 is 136 Å². The first-order valence-electron chi connectivity index (χ1n) is 29.6. The summed E-state index contributed by atoms with van der Waals surface area (Å²) in [6, 6.07) is 6.28. The number of rotatable bonds is 14. The number of aliphatic carboxylic acids is 4. The molecule has 10 heterocycles. The molecule has 8 aliphatic rings. The topological polar surface area (TPSA) is 589 Å². The minimum Gasteiger partial charge on any atom is -0.475 e. The number of aromatic amines is 4. The van der Waals surface area contributed by atoms with E-state index in [1.54, 1.807) is 24.3 Å². The van der Waals surface area contributed by atoms with Crippen LogP contribution in [0, 0.1) is 57.1 Å². The van der Waals surface area contributed by atoms with Crippen LogP contribution in [0.2, 0.25) is 0 Å². The number of carbonyl (C=O) groups excluding carboxylic acids is 4. The Labute approximate surface area is 664 Å². The fourth-order valence-electron chi connectivity index (χ4n) is 13.5. The van der Waals surface area contributed by atoms with Crippen LogP contribution in [-0.2, 0) is 33.4 Å². The SMILES string of the molecule is N=C1N[C@@H]2O[C@@H]3NC(=N)N[C@]34[C@H]([C@H](CNC(=O)c3cc(Br)c(Br)[nH]3)[C@@H](CNC(=O)c3cc(Br)c(Br)[nH]3)[C@@H]4O[C@H]3[C@H](CNC(=O)c4cc(Br)c(Br)[nH]4)[C@@H](CNC(=O)c4cc(Br)c(Br)[nH]4)[C@@H]4[C@]5(O)NC(=N)N[C@@H]5O[C@@H]5NC(=N)N[C@]453)[C@]2(O)N1.O=C(O)C(F)(F)F.O=C(O)C(F)(F)F.O=C(O)C(F)(F)F.O=C(O)C(F)(F)F. The number of hydrogen-bond acceptors (Lipinski definition) is 17. The summed E-state index contributed by atoms with van der Waals surface area (Å²) >= 11 is 27.4. The predicted molar refractivity (Wildman–Crippen MR) is 367 cm³/mol. The molecule has 2 aliphatic carbocycles. The highest BCUT2D eigenvalue weighted by molar-refractivity contribution is 9.14. The van der Waals surface area contributed by atoms with Gasteiger partial charge in [-0.25, -0.2) is 19.2 Å². The van der Waals surface area contributed by atoms with Gasteiger partial charge in [-0.2, -0.15) is 52.7 Å². The smallest absolute Gasteiger partial charge is 0.475 e. The first kappa shape index (κ1) is 87.3. The number of carboxylic acid groups (broad SMARTS) is 4. The van der Waals surface area contributed by atoms with E-state index in [0.29, 0.717) is 36.3 Å². The van der Waals surface area contributed by atoms with E-state index < -0.39 is 167 Å². The molecule has 0 aromatic carbocycles. The summed E-state index contributed by atoms with van der Waals surface area (Å²) in [5, 5.41) is 128. The van der Waals surface area contributed by atoms with Crippen molar-refractivity contribution in [2.45, 2.75) is 84.4 Å². The molecular formula is C52H50Br8F12N20O17. The van der Waals surface area contributed by atoms with E-state index in [9.17, 15) is 92.9 Å². The van der Waals surface area contributed by atoms with Gasteiger partial charge in [-0.05, 0) is 164 Å². The van der Waals surface area contributed by atoms with Gasteiger partial charge >= 0.3 is 48.6 Å². The minimum absolute atomic E-state index is 0.149. The van der Waals surface area contributed by atoms with Crippen molar-refractivity contribution in [2.24, 2.45) is 35.5 Å². The number of carboxylic acids is 4. The van der Waals surface area contributed by atoms with Gasteiger partial charge < -0.3 is 129 Å². The number of guanidine groups is 4. The highest BCUT2D eigenvalue weighted by Gasteiger charge is 2.82. The number of alkyl halides is 12. The third kappa shape index (κ3) is 18.1. The van der Waals surface area contributed by atoms with Gasteiger partial charge in [-0.1, -0.05) is 0 Å². The van der Waals surface area contributed by atoms with E-state index in [0.717, 1.165) is 0 Å². The average molecular weight is 2090 g/mol. The van der Waals surface area contributed by atoms with E-state index >= 15 is 0 Å². The van der Waals surface area contributed by atoms with Crippen molar-refractivity contribution >= 4 is 199 Å². The van der Waals surface area contributed by atoms with Gasteiger partial charge in [0.05, 0.1) is 48.5 Å². The Morgan fingerprint density at radius 2 is 0.606 bits per heavy atom. The van der Waals surface area contributed by atoms with Crippen LogP contribution in [0.3, 0.4) is 0 Å². The quantitative estimate of drug-likeness (QED) is 0.0797. The second-order valence-electron chi connectivity index (χ2n) is 23.9. The molecule has 0 radical (unpaired) electrons. The molecule has 8 fully saturated rings. The van der Waals surface area contributed by atoms with Crippen LogP contribution in [0.25, 0.3) is 0 Å². The lowest BCUT2D eigenvalue weighted by Gasteiger charge is -2.54. The first-order valence-corrected chi connectivity index (χ1v) is 35.9. The molecule has 109 heavy (non-hydrogen) atoms. The molecule has 0 unspecified atom stereocenters. The minimum atomic E-state index is -5.08. The van der Waals surface area contributed by atoms with Gasteiger partial charge in [0.25, 0.3) is 23.6 Å². The van der Waals surface area contributed by atoms with Crippen molar-refractivity contribution in [1.82, 2.24) is 83.7 Å². The van der Waals surface area contributed by atoms with Crippen LogP contribution in [0.1, 0.15) is 42.0 Å². The van der Waals surface area contributed by atoms with Gasteiger partial charge in [0.2, 0.25) is 0 Å². The molecule has 4 aromatic rings. The maximum absolute atomic E-state index is 14.4. The molecule has 6 saturated heterocycles. The Bertz CT molecular complexity index is 3920. The Morgan fingerprint density at radius 1 is 0.394 bits per heavy atom. The summed E-state index contributed by atoms with van der Waals surface area (Å²) in [4.78, 5) is 105. The molecule has 2 saturated carbocycles. The molecule has 4 amide bonds. The van der Waals surface area contributed by atoms with E-state index in [2.05, 4.69) is 211 Å². The van der Waals surface area contributed by atoms with Gasteiger partial charge in [0.1, 0.15) is 33.9 Å². The van der Waals surface area contributed by atoms with Crippen LogP contribution < -0.4 is 63.8 Å². The van der Waals surface area contributed by atoms with Crippen molar-refractivity contribution in [2.75, 3.05) is 26.2 Å². The molecule has 37 nitrogen and oxygen atoms in total. The fraction of sp³-hybridized carbons (Fsp3) is 0.462. The number of amides is 4. The van der Waals surface area contributed by atoms with E-state index in [4.69, 9.17) is 64.6 Å². The van der Waals surface area contributed by atoms with Crippen molar-refractivity contribution in [3.8, 4) is 0 Å². The summed E-state index contributed by atoms with van der Waals surface area (Å²) in [5.41, 5.74) is -7.42. The average Bonchev–Trinajstić information content (AvgIpc) is 1.50. The summed E-state index contributed by atoms with van der Waals surface area (Å²) in [7, 11) is 0. The van der Waals surface area contributed by atoms with E-state index in [-0.39, 0.29) is 72.8 Å². The molecule has 4 aromatic heterocycles. The normalized spacial score (nSPS) is 29.3. The highest BCUT2D eigenvalue weighted by atomic mass is 79.9. The zero-order chi connectivity index (χ0) is 81.9. The van der Waals surface area contributed by atoms with Crippen LogP contribution in [0.4, 0.5) is 52.7 Å². The van der Waals surface area contributed by atoms with Crippen LogP contribution >= 0.6 is 127 Å². The predicted octanol–water partition coefficient (Wildman–Crippen LogP) is 3.86. The molecule has 2 spiro atoms. The first-order chi connectivity index (χ1) is 50.1. The standard InChI is InChI=1S/C44H46Br8N20O9.4C2HF3O2/c45-13-1-17(61-25(13)49)29(73)57-5-9-11(7-59-31(75)19-3-15(47)27(51)63-19)23(41-21(9)43(77)35(67-39(55)71-43)80-33(41)65-37(53)69-41)79-24-12(8-60-32(76)20-4-16(48)28(52)64-20)10(6-58-30(74)18-2-14(46)26(50)62-18)22-42(24)34(66-38(54)70-42)81-36-44(22,78)72-40(56)68-36;4*3-2(4,5)1(6)7/h1-4,9-12,21-24,33-36,61-64,77-78H,5-8H2,(H,57,73)(H,58,74)(H,59,75)(H,60,76)(H3,53,65,69)(H3,54,66,70)(H3,55,67,71)(H3,56,68,72);4*(H,6,7)/t9-,10-,11-,12-,21+,22+,23+,24+,33+,34+,35-,36-,41+,42+,43-,44-;;;;/m1..../s1. The van der Waals surface area contributed by atoms with Crippen molar-refractivity contribution in [1.29, 1.82) is 21.6 Å². The molecular weight excluding hydrogens is 2040 g/mol. The summed E-state index contributed by atoms with van der Waals surface area (Å²) in [6.45, 7) is -0.998. The van der Waals surface area contributed by atoms with Gasteiger partial charge in [-0.15, -0.1) is 0 Å². The third-order valence-electron chi connectivity index (χ3n) is 17.4. The molecule has 16 atom stereocenters. The molecule has 57 heteroatoms. The third-order valence-corrected chi connectivity index (χ3v) is 24.6. The van der Waals surface area contributed by atoms with Gasteiger partial charge in [0.15, 0.2) is 60.2 Å². The number of nitrogens with one attached hydrogen (secondary N) is 20. The number of aliphatic hydroxyl groups is 2. The number of H-pyrrole nitrogens is 4. The Kier molecular flexibility index (Phi) is 26.0. The van der Waals surface area contributed by atoms with Gasteiger partial charge in [0, 0.05) is 49.9 Å². The van der Waals surface area contributed by atoms with Gasteiger partial charge in [-0.3, -0.25) is 40.8 Å². The lowest BCUT2D eigenvalue weighted by molar-refractivity contribution is -0.270. The lowest BCUT2D eigenvalue weighted by Crippen LogP contribution is -2.78. The maximum atomic E-state index is 14.4. The number of aromatic nitrogens is 4. The Balaban J connectivity index is 0.000000454. The number of ether oxygens (including phenoxy) is 3. The van der Waals surface area contributed by atoms with Crippen LogP contribution in [-0.4, -0.2) is 232 Å². The molecule has 6 aliphatic heterocycles. The zero-order valence-electron chi connectivity index (χ0n) is 52.8. The van der Waals surface area contributed by atoms with E-state index in [1.807, 2.05) is 0 Å². The molecule has 26 N–H and O–H groups in total. The fourth-order valence-corrected chi connectivity index (χ4v) is 16.2. The monoisotopic (exact) mass is 2090 g/mol. The summed E-state index contributed by atoms with van der Waals surface area (Å²) in [5.74, 6) is -20.9. The molecule has 600 valence electrons. The summed E-state index contributed by atoms with van der Waals surface area (Å²) in [6.07, 6.45) is -28.4. The lowest BCUT2D eigenvalue weighted by atomic mass is 9.71. The molecule has 0 bridgehead atoms. The number of hydrogen-bond donors (Lipinski definition) is 26. The van der Waals surface area contributed by atoms with Crippen molar-refractivity contribution in [3.63, 3.8) is 0 Å².